The molecule has 9 heteroatoms. The molecule has 3 heterocycles. The van der Waals surface area contributed by atoms with E-state index >= 15 is 0 Å². The second-order valence-corrected chi connectivity index (χ2v) is 11.5. The average Bonchev–Trinajstić information content (AvgIpc) is 3.26. The van der Waals surface area contributed by atoms with Crippen LogP contribution in [0.15, 0.2) is 84.9 Å². The van der Waals surface area contributed by atoms with Gasteiger partial charge in [0.15, 0.2) is 6.61 Å². The molecule has 7 rings (SSSR count). The SMILES string of the molecule is C[C@]1(O)C[C@@](c2ccc(-c3nc4c(cc3-c3ccccc3)N(CCF)C(=O)CO4)cc2)(N2C(=O)c3ccccc3C2=O)C1. The van der Waals surface area contributed by atoms with Gasteiger partial charge in [-0.15, -0.1) is 0 Å². The summed E-state index contributed by atoms with van der Waals surface area (Å²) in [5.41, 5.74) is 2.76. The lowest BCUT2D eigenvalue weighted by molar-refractivity contribution is -0.121. The van der Waals surface area contributed by atoms with Crippen LogP contribution in [0.25, 0.3) is 22.4 Å². The molecule has 1 aromatic heterocycles. The second kappa shape index (κ2) is 9.84. The highest BCUT2D eigenvalue weighted by molar-refractivity contribution is 6.22. The van der Waals surface area contributed by atoms with Crippen molar-refractivity contribution < 1.29 is 28.6 Å². The van der Waals surface area contributed by atoms with Crippen LogP contribution in [0.1, 0.15) is 46.0 Å². The summed E-state index contributed by atoms with van der Waals surface area (Å²) in [5, 5.41) is 10.8. The molecule has 2 aliphatic heterocycles. The van der Waals surface area contributed by atoms with Crippen molar-refractivity contribution in [1.29, 1.82) is 0 Å². The monoisotopic (exact) mass is 577 g/mol. The predicted molar refractivity (Wildman–Crippen MR) is 157 cm³/mol. The number of amides is 3. The molecule has 1 saturated carbocycles. The molecule has 3 aromatic carbocycles. The van der Waals surface area contributed by atoms with E-state index in [9.17, 15) is 23.9 Å². The summed E-state index contributed by atoms with van der Waals surface area (Å²) in [6.45, 7) is 0.684. The van der Waals surface area contributed by atoms with Gasteiger partial charge < -0.3 is 14.7 Å². The minimum absolute atomic E-state index is 0.0944. The van der Waals surface area contributed by atoms with Gasteiger partial charge in [0.2, 0.25) is 5.88 Å². The molecular weight excluding hydrogens is 549 g/mol. The number of alkyl halides is 1. The van der Waals surface area contributed by atoms with Crippen LogP contribution >= 0.6 is 0 Å². The van der Waals surface area contributed by atoms with Crippen molar-refractivity contribution in [2.45, 2.75) is 30.9 Å². The van der Waals surface area contributed by atoms with Crippen molar-refractivity contribution in [3.05, 3.63) is 102 Å². The first-order valence-corrected chi connectivity index (χ1v) is 14.1. The minimum Gasteiger partial charge on any atom is -0.466 e. The van der Waals surface area contributed by atoms with E-state index in [1.54, 1.807) is 37.3 Å². The van der Waals surface area contributed by atoms with Crippen LogP contribution in [0.4, 0.5) is 10.1 Å². The van der Waals surface area contributed by atoms with Gasteiger partial charge in [0.05, 0.1) is 34.5 Å². The molecular formula is C34H28FN3O5. The quantitative estimate of drug-likeness (QED) is 0.319. The lowest BCUT2D eigenvalue weighted by Crippen LogP contribution is -2.63. The maximum Gasteiger partial charge on any atom is 0.265 e. The van der Waals surface area contributed by atoms with Gasteiger partial charge in [-0.1, -0.05) is 66.7 Å². The molecule has 8 nitrogen and oxygen atoms in total. The van der Waals surface area contributed by atoms with Gasteiger partial charge in [0.25, 0.3) is 17.7 Å². The minimum atomic E-state index is -1.03. The Hall–Kier alpha value is -4.89. The van der Waals surface area contributed by atoms with E-state index in [-0.39, 0.29) is 49.6 Å². The number of carbonyl (C=O) groups is 3. The Kier molecular flexibility index (Phi) is 6.18. The third kappa shape index (κ3) is 4.22. The number of pyridine rings is 1. The number of carbonyl (C=O) groups excluding carboxylic acids is 3. The summed E-state index contributed by atoms with van der Waals surface area (Å²) in [5.74, 6) is -0.831. The van der Waals surface area contributed by atoms with Gasteiger partial charge in [-0.2, -0.15) is 0 Å². The maximum atomic E-state index is 13.5. The Labute approximate surface area is 247 Å². The number of hydrogen-bond acceptors (Lipinski definition) is 6. The van der Waals surface area contributed by atoms with Gasteiger partial charge >= 0.3 is 0 Å². The number of nitrogens with zero attached hydrogens (tertiary/aromatic N) is 3. The summed E-state index contributed by atoms with van der Waals surface area (Å²) < 4.78 is 19.0. The molecule has 1 fully saturated rings. The van der Waals surface area contributed by atoms with E-state index in [0.717, 1.165) is 22.3 Å². The number of hydrogen-bond donors (Lipinski definition) is 1. The molecule has 0 spiro atoms. The third-order valence-corrected chi connectivity index (χ3v) is 8.55. The van der Waals surface area contributed by atoms with Crippen molar-refractivity contribution in [2.75, 3.05) is 24.7 Å². The zero-order chi connectivity index (χ0) is 29.9. The highest BCUT2D eigenvalue weighted by Gasteiger charge is 2.60. The number of aromatic nitrogens is 1. The lowest BCUT2D eigenvalue weighted by Gasteiger charge is -2.55. The van der Waals surface area contributed by atoms with E-state index in [0.29, 0.717) is 22.5 Å². The van der Waals surface area contributed by atoms with Crippen LogP contribution in [0.3, 0.4) is 0 Å². The Morgan fingerprint density at radius 3 is 2.09 bits per heavy atom. The summed E-state index contributed by atoms with van der Waals surface area (Å²) >= 11 is 0. The second-order valence-electron chi connectivity index (χ2n) is 11.5. The summed E-state index contributed by atoms with van der Waals surface area (Å²) in [7, 11) is 0. The molecule has 0 unspecified atom stereocenters. The molecule has 4 aromatic rings. The predicted octanol–water partition coefficient (Wildman–Crippen LogP) is 5.15. The Morgan fingerprint density at radius 1 is 0.860 bits per heavy atom. The van der Waals surface area contributed by atoms with Crippen LogP contribution in [-0.4, -0.2) is 58.1 Å². The molecule has 1 N–H and O–H groups in total. The molecule has 3 aliphatic rings. The molecule has 0 radical (unpaired) electrons. The standard InChI is InChI=1S/C34H28FN3O5/c1-33(42)19-34(20-33,38-31(40)24-9-5-6-10-25(24)32(38)41)23-13-11-22(12-14-23)29-26(21-7-3-2-4-8-21)17-27-30(36-29)43-18-28(39)37(27)16-15-35/h2-14,17,42H,15-16,18-20H2,1H3/t33-,34+. The third-order valence-electron chi connectivity index (χ3n) is 8.55. The number of imide groups is 1. The highest BCUT2D eigenvalue weighted by atomic mass is 19.1. The van der Waals surface area contributed by atoms with Crippen LogP contribution in [0, 0.1) is 0 Å². The van der Waals surface area contributed by atoms with E-state index < -0.39 is 17.8 Å². The molecule has 43 heavy (non-hydrogen) atoms. The first-order valence-electron chi connectivity index (χ1n) is 14.1. The van der Waals surface area contributed by atoms with Crippen LogP contribution in [0.5, 0.6) is 5.88 Å². The van der Waals surface area contributed by atoms with Crippen molar-refractivity contribution in [3.63, 3.8) is 0 Å². The number of benzene rings is 3. The molecule has 1 aliphatic carbocycles. The smallest absolute Gasteiger partial charge is 0.265 e. The van der Waals surface area contributed by atoms with Gasteiger partial charge in [-0.3, -0.25) is 19.3 Å². The van der Waals surface area contributed by atoms with E-state index in [4.69, 9.17) is 9.72 Å². The maximum absolute atomic E-state index is 13.5. The lowest BCUT2D eigenvalue weighted by atomic mass is 9.61. The van der Waals surface area contributed by atoms with Crippen molar-refractivity contribution in [1.82, 2.24) is 9.88 Å². The number of halogens is 1. The van der Waals surface area contributed by atoms with Crippen LogP contribution in [-0.2, 0) is 10.3 Å². The average molecular weight is 578 g/mol. The van der Waals surface area contributed by atoms with Gasteiger partial charge in [0, 0.05) is 24.0 Å². The Balaban J connectivity index is 1.32. The Bertz CT molecular complexity index is 1740. The number of rotatable bonds is 6. The fourth-order valence-corrected chi connectivity index (χ4v) is 6.73. The Morgan fingerprint density at radius 2 is 1.49 bits per heavy atom. The molecule has 3 amide bonds. The van der Waals surface area contributed by atoms with Crippen LogP contribution < -0.4 is 9.64 Å². The zero-order valence-electron chi connectivity index (χ0n) is 23.4. The van der Waals surface area contributed by atoms with Crippen LogP contribution in [0.2, 0.25) is 0 Å². The summed E-state index contributed by atoms with van der Waals surface area (Å²) in [6, 6.07) is 25.6. The fourth-order valence-electron chi connectivity index (χ4n) is 6.73. The van der Waals surface area contributed by atoms with Gasteiger partial charge in [-0.05, 0) is 36.2 Å². The van der Waals surface area contributed by atoms with E-state index in [2.05, 4.69) is 0 Å². The summed E-state index contributed by atoms with van der Waals surface area (Å²) in [4.78, 5) is 47.0. The van der Waals surface area contributed by atoms with Crippen molar-refractivity contribution in [2.24, 2.45) is 0 Å². The topological polar surface area (TPSA) is 100 Å². The van der Waals surface area contributed by atoms with E-state index in [1.165, 1.54) is 9.80 Å². The number of fused-ring (bicyclic) bond motifs is 2. The largest absolute Gasteiger partial charge is 0.466 e. The number of ether oxygens (including phenoxy) is 1. The first kappa shape index (κ1) is 27.0. The normalized spacial score (nSPS) is 22.6. The molecule has 0 bridgehead atoms. The molecule has 0 atom stereocenters. The fraction of sp³-hybridized carbons (Fsp3) is 0.235. The first-order chi connectivity index (χ1) is 20.7. The summed E-state index contributed by atoms with van der Waals surface area (Å²) in [6.07, 6.45) is 0.424. The molecule has 216 valence electrons. The van der Waals surface area contributed by atoms with Gasteiger partial charge in [-0.25, -0.2) is 9.37 Å². The van der Waals surface area contributed by atoms with E-state index in [1.807, 2.05) is 54.6 Å². The van der Waals surface area contributed by atoms with Crippen molar-refractivity contribution in [3.8, 4) is 28.3 Å². The molecule has 0 saturated heterocycles. The number of aliphatic hydroxyl groups is 1. The highest BCUT2D eigenvalue weighted by Crippen LogP contribution is 2.54. The zero-order valence-corrected chi connectivity index (χ0v) is 23.4. The van der Waals surface area contributed by atoms with Gasteiger partial charge in [0.1, 0.15) is 12.4 Å². The van der Waals surface area contributed by atoms with Crippen molar-refractivity contribution >= 4 is 23.4 Å². The number of anilines is 1.